The van der Waals surface area contributed by atoms with Crippen molar-refractivity contribution in [1.29, 1.82) is 0 Å². The monoisotopic (exact) mass is 477 g/mol. The molecule has 0 saturated heterocycles. The van der Waals surface area contributed by atoms with Crippen molar-refractivity contribution in [3.63, 3.8) is 0 Å². The lowest BCUT2D eigenvalue weighted by molar-refractivity contribution is 1.56. The van der Waals surface area contributed by atoms with Gasteiger partial charge in [0.2, 0.25) is 0 Å². The third-order valence-electron chi connectivity index (χ3n) is 6.86. The lowest BCUT2D eigenvalue weighted by atomic mass is 9.94. The van der Waals surface area contributed by atoms with Crippen LogP contribution in [0, 0.1) is 0 Å². The van der Waals surface area contributed by atoms with Gasteiger partial charge in [-0.25, -0.2) is 0 Å². The van der Waals surface area contributed by atoms with Gasteiger partial charge in [0.1, 0.15) is 0 Å². The van der Waals surface area contributed by atoms with Crippen LogP contribution in [0.3, 0.4) is 0 Å². The second-order valence-corrected chi connectivity index (χ2v) is 10.1. The number of nitrogens with one attached hydrogen (secondary N) is 1. The van der Waals surface area contributed by atoms with Gasteiger partial charge in [-0.2, -0.15) is 0 Å². The zero-order valence-electron chi connectivity index (χ0n) is 19.6. The van der Waals surface area contributed by atoms with E-state index in [0.717, 1.165) is 11.4 Å². The Hall–Kier alpha value is -4.40. The highest BCUT2D eigenvalue weighted by molar-refractivity contribution is 7.26. The predicted octanol–water partition coefficient (Wildman–Crippen LogP) is 10.3. The van der Waals surface area contributed by atoms with Crippen LogP contribution in [0.15, 0.2) is 133 Å². The van der Waals surface area contributed by atoms with Crippen molar-refractivity contribution < 1.29 is 0 Å². The number of rotatable bonds is 4. The highest BCUT2D eigenvalue weighted by Crippen LogP contribution is 2.43. The van der Waals surface area contributed by atoms with Crippen molar-refractivity contribution in [2.45, 2.75) is 0 Å². The number of fused-ring (bicyclic) bond motifs is 5. The van der Waals surface area contributed by atoms with Crippen LogP contribution in [-0.4, -0.2) is 0 Å². The van der Waals surface area contributed by atoms with Gasteiger partial charge >= 0.3 is 0 Å². The van der Waals surface area contributed by atoms with Crippen molar-refractivity contribution in [3.8, 4) is 22.3 Å². The first kappa shape index (κ1) is 20.9. The lowest BCUT2D eigenvalue weighted by Gasteiger charge is -2.13. The first-order chi connectivity index (χ1) is 17.8. The molecular formula is C34H23NS. The third-order valence-corrected chi connectivity index (χ3v) is 8.06. The molecule has 0 aliphatic carbocycles. The van der Waals surface area contributed by atoms with Crippen LogP contribution in [-0.2, 0) is 0 Å². The fourth-order valence-corrected chi connectivity index (χ4v) is 6.35. The van der Waals surface area contributed by atoms with E-state index in [0.29, 0.717) is 0 Å². The second kappa shape index (κ2) is 8.67. The average molecular weight is 478 g/mol. The maximum atomic E-state index is 3.74. The van der Waals surface area contributed by atoms with Gasteiger partial charge in [0, 0.05) is 21.2 Å². The molecule has 0 fully saturated rings. The van der Waals surface area contributed by atoms with Gasteiger partial charge in [-0.15, -0.1) is 11.3 Å². The normalized spacial score (nSPS) is 11.3. The van der Waals surface area contributed by atoms with Crippen molar-refractivity contribution in [1.82, 2.24) is 0 Å². The van der Waals surface area contributed by atoms with Gasteiger partial charge in [0.05, 0.1) is 10.4 Å². The molecule has 170 valence electrons. The summed E-state index contributed by atoms with van der Waals surface area (Å²) in [5, 5.41) is 8.96. The summed E-state index contributed by atoms with van der Waals surface area (Å²) < 4.78 is 2.62. The van der Waals surface area contributed by atoms with E-state index < -0.39 is 0 Å². The highest BCUT2D eigenvalue weighted by Gasteiger charge is 2.13. The molecule has 0 bridgehead atoms. The number of thiophene rings is 1. The van der Waals surface area contributed by atoms with E-state index in [4.69, 9.17) is 0 Å². The van der Waals surface area contributed by atoms with Gasteiger partial charge in [0.15, 0.2) is 0 Å². The molecule has 6 aromatic carbocycles. The molecule has 2 heteroatoms. The molecule has 1 heterocycles. The smallest absolute Gasteiger partial charge is 0.0596 e. The maximum Gasteiger partial charge on any atom is 0.0596 e. The zero-order chi connectivity index (χ0) is 23.9. The molecule has 1 aromatic heterocycles. The fourth-order valence-electron chi connectivity index (χ4n) is 5.16. The number of benzene rings is 6. The summed E-state index contributed by atoms with van der Waals surface area (Å²) in [6.07, 6.45) is 0. The van der Waals surface area contributed by atoms with Crippen LogP contribution in [0.1, 0.15) is 0 Å². The van der Waals surface area contributed by atoms with E-state index in [9.17, 15) is 0 Å². The van der Waals surface area contributed by atoms with Crippen LogP contribution >= 0.6 is 11.3 Å². The molecule has 0 unspecified atom stereocenters. The first-order valence-corrected chi connectivity index (χ1v) is 13.0. The standard InChI is InChI=1S/C34H23NS/c1-2-10-23(11-3-1)27-13-6-7-14-28(27)24-18-20-26(21-19-24)35-31-22-25-12-4-5-15-29(25)33-30-16-8-9-17-32(30)36-34(31)33/h1-22,35H. The number of anilines is 2. The quantitative estimate of drug-likeness (QED) is 0.266. The van der Waals surface area contributed by atoms with Crippen LogP contribution in [0.25, 0.3) is 53.2 Å². The number of hydrogen-bond acceptors (Lipinski definition) is 2. The topological polar surface area (TPSA) is 12.0 Å². The molecule has 1 nitrogen and oxygen atoms in total. The van der Waals surface area contributed by atoms with Gasteiger partial charge in [-0.3, -0.25) is 0 Å². The van der Waals surface area contributed by atoms with Gasteiger partial charge in [-0.05, 0) is 57.3 Å². The van der Waals surface area contributed by atoms with Crippen LogP contribution in [0.4, 0.5) is 11.4 Å². The fraction of sp³-hybridized carbons (Fsp3) is 0. The molecule has 0 aliphatic heterocycles. The summed E-state index contributed by atoms with van der Waals surface area (Å²) in [6.45, 7) is 0. The van der Waals surface area contributed by atoms with Crippen LogP contribution < -0.4 is 5.32 Å². The Bertz CT molecular complexity index is 1850. The first-order valence-electron chi connectivity index (χ1n) is 12.2. The van der Waals surface area contributed by atoms with Crippen molar-refractivity contribution in [2.24, 2.45) is 0 Å². The van der Waals surface area contributed by atoms with E-state index in [1.54, 1.807) is 0 Å². The van der Waals surface area contributed by atoms with Gasteiger partial charge in [-0.1, -0.05) is 109 Å². The van der Waals surface area contributed by atoms with Crippen molar-refractivity contribution in [2.75, 3.05) is 5.32 Å². The Morgan fingerprint density at radius 2 is 1.11 bits per heavy atom. The highest BCUT2D eigenvalue weighted by atomic mass is 32.1. The van der Waals surface area contributed by atoms with Crippen molar-refractivity contribution >= 4 is 53.7 Å². The minimum Gasteiger partial charge on any atom is -0.354 e. The molecule has 0 aliphatic rings. The van der Waals surface area contributed by atoms with E-state index in [-0.39, 0.29) is 0 Å². The summed E-state index contributed by atoms with van der Waals surface area (Å²) in [7, 11) is 0. The SMILES string of the molecule is c1ccc(-c2ccccc2-c2ccc(Nc3cc4ccccc4c4c3sc3ccccc34)cc2)cc1. The minimum absolute atomic E-state index is 1.09. The Balaban J connectivity index is 1.30. The summed E-state index contributed by atoms with van der Waals surface area (Å²) in [4.78, 5) is 0. The third kappa shape index (κ3) is 3.55. The summed E-state index contributed by atoms with van der Waals surface area (Å²) >= 11 is 1.86. The van der Waals surface area contributed by atoms with Gasteiger partial charge < -0.3 is 5.32 Å². The minimum atomic E-state index is 1.09. The molecule has 0 atom stereocenters. The van der Waals surface area contributed by atoms with Crippen LogP contribution in [0.2, 0.25) is 0 Å². The Labute approximate surface area is 214 Å². The molecule has 0 saturated carbocycles. The van der Waals surface area contributed by atoms with E-state index in [1.807, 2.05) is 11.3 Å². The summed E-state index contributed by atoms with van der Waals surface area (Å²) in [5.41, 5.74) is 7.18. The predicted molar refractivity (Wildman–Crippen MR) is 157 cm³/mol. The Kier molecular flexibility index (Phi) is 5.04. The largest absolute Gasteiger partial charge is 0.354 e. The molecule has 36 heavy (non-hydrogen) atoms. The summed E-state index contributed by atoms with van der Waals surface area (Å²) in [5.74, 6) is 0. The molecular weight excluding hydrogens is 454 g/mol. The summed E-state index contributed by atoms with van der Waals surface area (Å²) in [6, 6.07) is 47.7. The molecule has 0 amide bonds. The molecule has 7 aromatic rings. The molecule has 0 radical (unpaired) electrons. The molecule has 0 spiro atoms. The van der Waals surface area contributed by atoms with E-state index >= 15 is 0 Å². The van der Waals surface area contributed by atoms with Crippen LogP contribution in [0.5, 0.6) is 0 Å². The average Bonchev–Trinajstić information content (AvgIpc) is 3.35. The van der Waals surface area contributed by atoms with Crippen molar-refractivity contribution in [3.05, 3.63) is 133 Å². The molecule has 1 N–H and O–H groups in total. The van der Waals surface area contributed by atoms with E-state index in [2.05, 4.69) is 139 Å². The Morgan fingerprint density at radius 3 is 1.89 bits per heavy atom. The maximum absolute atomic E-state index is 3.74. The number of hydrogen-bond donors (Lipinski definition) is 1. The van der Waals surface area contributed by atoms with Gasteiger partial charge in [0.25, 0.3) is 0 Å². The lowest BCUT2D eigenvalue weighted by Crippen LogP contribution is -1.92. The zero-order valence-corrected chi connectivity index (χ0v) is 20.4. The Morgan fingerprint density at radius 1 is 0.500 bits per heavy atom. The van der Waals surface area contributed by atoms with E-state index in [1.165, 1.54) is 53.2 Å². The molecule has 7 rings (SSSR count). The second-order valence-electron chi connectivity index (χ2n) is 9.06.